The number of nitrogens with zero attached hydrogens (tertiary/aromatic N) is 1. The lowest BCUT2D eigenvalue weighted by Crippen LogP contribution is -2.26. The maximum Gasteiger partial charge on any atom is 0.274 e. The molecule has 2 heterocycles. The van der Waals surface area contributed by atoms with Gasteiger partial charge in [-0.05, 0) is 31.2 Å². The van der Waals surface area contributed by atoms with Crippen molar-refractivity contribution >= 4 is 16.9 Å². The summed E-state index contributed by atoms with van der Waals surface area (Å²) in [6.45, 7) is 2.39. The fourth-order valence-corrected chi connectivity index (χ4v) is 2.05. The summed E-state index contributed by atoms with van der Waals surface area (Å²) in [7, 11) is 0. The van der Waals surface area contributed by atoms with Gasteiger partial charge in [0, 0.05) is 13.0 Å². The number of aryl methyl sites for hydroxylation is 1. The summed E-state index contributed by atoms with van der Waals surface area (Å²) in [6.07, 6.45) is 0.648. The number of nitrogens with one attached hydrogen (secondary N) is 1. The number of amides is 1. The molecule has 3 aromatic rings. The Morgan fingerprint density at radius 2 is 2.10 bits per heavy atom. The minimum Gasteiger partial charge on any atom is -0.466 e. The third-order valence-electron chi connectivity index (χ3n) is 3.05. The van der Waals surface area contributed by atoms with Crippen molar-refractivity contribution in [3.05, 3.63) is 53.6 Å². The highest BCUT2D eigenvalue weighted by atomic mass is 16.5. The molecule has 20 heavy (non-hydrogen) atoms. The van der Waals surface area contributed by atoms with Gasteiger partial charge in [0.1, 0.15) is 11.5 Å². The lowest BCUT2D eigenvalue weighted by molar-refractivity contribution is 0.0946. The highest BCUT2D eigenvalue weighted by Gasteiger charge is 2.15. The summed E-state index contributed by atoms with van der Waals surface area (Å²) >= 11 is 0. The van der Waals surface area contributed by atoms with Crippen LogP contribution in [0.25, 0.3) is 11.0 Å². The molecule has 0 aliphatic carbocycles. The molecule has 1 N–H and O–H groups in total. The van der Waals surface area contributed by atoms with Gasteiger partial charge in [0.2, 0.25) is 0 Å². The van der Waals surface area contributed by atoms with E-state index in [-0.39, 0.29) is 5.91 Å². The molecule has 0 spiro atoms. The second-order valence-corrected chi connectivity index (χ2v) is 4.55. The van der Waals surface area contributed by atoms with Crippen molar-refractivity contribution in [2.75, 3.05) is 6.54 Å². The van der Waals surface area contributed by atoms with Gasteiger partial charge in [-0.2, -0.15) is 0 Å². The standard InChI is InChI=1S/C15H14N2O3/c1-10-6-7-11(19-10)8-9-16-15(18)14-12-4-2-3-5-13(12)20-17-14/h2-7H,8-9H2,1H3,(H,16,18). The van der Waals surface area contributed by atoms with E-state index in [4.69, 9.17) is 8.94 Å². The smallest absolute Gasteiger partial charge is 0.274 e. The zero-order valence-corrected chi connectivity index (χ0v) is 11.1. The molecule has 2 aromatic heterocycles. The Bertz CT molecular complexity index is 742. The van der Waals surface area contributed by atoms with Gasteiger partial charge in [-0.3, -0.25) is 4.79 Å². The van der Waals surface area contributed by atoms with E-state index in [1.807, 2.05) is 37.3 Å². The molecule has 102 valence electrons. The molecule has 0 unspecified atom stereocenters. The van der Waals surface area contributed by atoms with Crippen LogP contribution >= 0.6 is 0 Å². The first kappa shape index (κ1) is 12.5. The summed E-state index contributed by atoms with van der Waals surface area (Å²) in [5, 5.41) is 7.35. The van der Waals surface area contributed by atoms with E-state index in [0.717, 1.165) is 16.9 Å². The molecule has 0 fully saturated rings. The molecule has 1 amide bonds. The number of fused-ring (bicyclic) bond motifs is 1. The van der Waals surface area contributed by atoms with E-state index < -0.39 is 0 Å². The SMILES string of the molecule is Cc1ccc(CCNC(=O)c2noc3ccccc23)o1. The average Bonchev–Trinajstić information content (AvgIpc) is 3.05. The average molecular weight is 270 g/mol. The van der Waals surface area contributed by atoms with E-state index in [0.29, 0.717) is 24.2 Å². The van der Waals surface area contributed by atoms with Gasteiger partial charge in [0.15, 0.2) is 11.3 Å². The Hall–Kier alpha value is -2.56. The number of carbonyl (C=O) groups is 1. The van der Waals surface area contributed by atoms with Crippen LogP contribution < -0.4 is 5.32 Å². The van der Waals surface area contributed by atoms with Crippen LogP contribution in [-0.2, 0) is 6.42 Å². The predicted octanol–water partition coefficient (Wildman–Crippen LogP) is 2.70. The molecule has 5 heteroatoms. The molecule has 0 bridgehead atoms. The Labute approximate surface area is 115 Å². The van der Waals surface area contributed by atoms with Gasteiger partial charge in [-0.25, -0.2) is 0 Å². The molecule has 0 aliphatic rings. The van der Waals surface area contributed by atoms with E-state index in [1.54, 1.807) is 6.07 Å². The third-order valence-corrected chi connectivity index (χ3v) is 3.05. The highest BCUT2D eigenvalue weighted by Crippen LogP contribution is 2.17. The van der Waals surface area contributed by atoms with Crippen LogP contribution in [0.15, 0.2) is 45.3 Å². The molecule has 0 radical (unpaired) electrons. The van der Waals surface area contributed by atoms with Crippen LogP contribution in [0.1, 0.15) is 22.0 Å². The van der Waals surface area contributed by atoms with E-state index in [9.17, 15) is 4.79 Å². The number of benzene rings is 1. The topological polar surface area (TPSA) is 68.3 Å². The van der Waals surface area contributed by atoms with Crippen molar-refractivity contribution in [2.45, 2.75) is 13.3 Å². The number of carbonyl (C=O) groups excluding carboxylic acids is 1. The quantitative estimate of drug-likeness (QED) is 0.791. The van der Waals surface area contributed by atoms with Gasteiger partial charge in [0.05, 0.1) is 5.39 Å². The summed E-state index contributed by atoms with van der Waals surface area (Å²) in [5.74, 6) is 1.49. The predicted molar refractivity (Wildman–Crippen MR) is 73.5 cm³/mol. The molecule has 0 atom stereocenters. The molecule has 1 aromatic carbocycles. The monoisotopic (exact) mass is 270 g/mol. The number of hydrogen-bond donors (Lipinski definition) is 1. The highest BCUT2D eigenvalue weighted by molar-refractivity contribution is 6.03. The lowest BCUT2D eigenvalue weighted by Gasteiger charge is -2.01. The van der Waals surface area contributed by atoms with Crippen LogP contribution in [-0.4, -0.2) is 17.6 Å². The first-order chi connectivity index (χ1) is 9.74. The minimum atomic E-state index is -0.238. The van der Waals surface area contributed by atoms with Gasteiger partial charge in [-0.1, -0.05) is 17.3 Å². The van der Waals surface area contributed by atoms with Crippen LogP contribution in [0.2, 0.25) is 0 Å². The second kappa shape index (κ2) is 5.21. The number of rotatable bonds is 4. The number of furan rings is 1. The second-order valence-electron chi connectivity index (χ2n) is 4.55. The summed E-state index contributed by atoms with van der Waals surface area (Å²) in [4.78, 5) is 12.1. The molecule has 0 aliphatic heterocycles. The van der Waals surface area contributed by atoms with Crippen molar-refractivity contribution in [1.82, 2.24) is 10.5 Å². The van der Waals surface area contributed by atoms with E-state index in [2.05, 4.69) is 10.5 Å². The summed E-state index contributed by atoms with van der Waals surface area (Å²) in [6, 6.07) is 11.1. The number of para-hydroxylation sites is 1. The molecule has 5 nitrogen and oxygen atoms in total. The fourth-order valence-electron chi connectivity index (χ4n) is 2.05. The number of hydrogen-bond acceptors (Lipinski definition) is 4. The van der Waals surface area contributed by atoms with Gasteiger partial charge in [0.25, 0.3) is 5.91 Å². The Balaban J connectivity index is 1.64. The van der Waals surface area contributed by atoms with Crippen molar-refractivity contribution in [2.24, 2.45) is 0 Å². The maximum atomic E-state index is 12.1. The van der Waals surface area contributed by atoms with Crippen molar-refractivity contribution < 1.29 is 13.7 Å². The first-order valence-corrected chi connectivity index (χ1v) is 6.42. The first-order valence-electron chi connectivity index (χ1n) is 6.42. The molecule has 0 saturated carbocycles. The van der Waals surface area contributed by atoms with Crippen LogP contribution in [0, 0.1) is 6.92 Å². The van der Waals surface area contributed by atoms with Crippen LogP contribution in [0.4, 0.5) is 0 Å². The molecule has 3 rings (SSSR count). The van der Waals surface area contributed by atoms with Crippen LogP contribution in [0.5, 0.6) is 0 Å². The Kier molecular flexibility index (Phi) is 3.25. The lowest BCUT2D eigenvalue weighted by atomic mass is 10.2. The van der Waals surface area contributed by atoms with Crippen molar-refractivity contribution in [1.29, 1.82) is 0 Å². The van der Waals surface area contributed by atoms with E-state index >= 15 is 0 Å². The molecular weight excluding hydrogens is 256 g/mol. The Morgan fingerprint density at radius 1 is 1.25 bits per heavy atom. The Morgan fingerprint density at radius 3 is 2.90 bits per heavy atom. The largest absolute Gasteiger partial charge is 0.466 e. The normalized spacial score (nSPS) is 10.8. The van der Waals surface area contributed by atoms with Crippen LogP contribution in [0.3, 0.4) is 0 Å². The summed E-state index contributed by atoms with van der Waals surface area (Å²) in [5.41, 5.74) is 0.926. The van der Waals surface area contributed by atoms with Crippen molar-refractivity contribution in [3.8, 4) is 0 Å². The third kappa shape index (κ3) is 2.42. The zero-order chi connectivity index (χ0) is 13.9. The van der Waals surface area contributed by atoms with Gasteiger partial charge in [-0.15, -0.1) is 0 Å². The fraction of sp³-hybridized carbons (Fsp3) is 0.200. The summed E-state index contributed by atoms with van der Waals surface area (Å²) < 4.78 is 10.5. The number of aromatic nitrogens is 1. The van der Waals surface area contributed by atoms with Gasteiger partial charge >= 0.3 is 0 Å². The maximum absolute atomic E-state index is 12.1. The van der Waals surface area contributed by atoms with Gasteiger partial charge < -0.3 is 14.3 Å². The molecular formula is C15H14N2O3. The zero-order valence-electron chi connectivity index (χ0n) is 11.1. The molecule has 0 saturated heterocycles. The van der Waals surface area contributed by atoms with E-state index in [1.165, 1.54) is 0 Å². The minimum absolute atomic E-state index is 0.238. The van der Waals surface area contributed by atoms with Crippen molar-refractivity contribution in [3.63, 3.8) is 0 Å².